The molecule has 3 heteroatoms. The van der Waals surface area contributed by atoms with Crippen LogP contribution in [-0.2, 0) is 5.54 Å². The van der Waals surface area contributed by atoms with Gasteiger partial charge in [-0.15, -0.1) is 0 Å². The molecule has 0 aromatic heterocycles. The van der Waals surface area contributed by atoms with Crippen molar-refractivity contribution < 1.29 is 9.13 Å². The number of benzene rings is 1. The molecule has 15 heavy (non-hydrogen) atoms. The van der Waals surface area contributed by atoms with E-state index in [-0.39, 0.29) is 17.5 Å². The lowest BCUT2D eigenvalue weighted by Crippen LogP contribution is -2.10. The van der Waals surface area contributed by atoms with E-state index in [0.29, 0.717) is 5.75 Å². The van der Waals surface area contributed by atoms with Gasteiger partial charge in [-0.1, -0.05) is 6.07 Å². The molecule has 2 rings (SSSR count). The Balaban J connectivity index is 2.23. The Bertz CT molecular complexity index is 372. The molecule has 0 saturated carbocycles. The number of halogens is 1. The minimum absolute atomic E-state index is 0.0000123. The Morgan fingerprint density at radius 1 is 1.47 bits per heavy atom. The standard InChI is InChI=1S/C12H16FNO/c1-8(2)15-11-5-4-9(6-10(11)13)12(3)7-14-12/h4-6,8,14H,7H2,1-3H3. The minimum Gasteiger partial charge on any atom is -0.488 e. The molecule has 0 aliphatic carbocycles. The molecule has 1 heterocycles. The van der Waals surface area contributed by atoms with Crippen molar-refractivity contribution in [2.75, 3.05) is 6.54 Å². The van der Waals surface area contributed by atoms with Crippen molar-refractivity contribution in [2.24, 2.45) is 0 Å². The average molecular weight is 209 g/mol. The number of rotatable bonds is 3. The smallest absolute Gasteiger partial charge is 0.165 e. The maximum Gasteiger partial charge on any atom is 0.165 e. The van der Waals surface area contributed by atoms with E-state index in [1.54, 1.807) is 12.1 Å². The van der Waals surface area contributed by atoms with Gasteiger partial charge in [0.2, 0.25) is 0 Å². The third kappa shape index (κ3) is 2.12. The second kappa shape index (κ2) is 3.49. The van der Waals surface area contributed by atoms with Crippen molar-refractivity contribution >= 4 is 0 Å². The molecule has 1 unspecified atom stereocenters. The van der Waals surface area contributed by atoms with Crippen LogP contribution in [0.25, 0.3) is 0 Å². The fourth-order valence-electron chi connectivity index (χ4n) is 1.53. The number of ether oxygens (including phenoxy) is 1. The van der Waals surface area contributed by atoms with Gasteiger partial charge >= 0.3 is 0 Å². The maximum atomic E-state index is 13.6. The molecule has 1 fully saturated rings. The largest absolute Gasteiger partial charge is 0.488 e. The van der Waals surface area contributed by atoms with Crippen molar-refractivity contribution in [3.63, 3.8) is 0 Å². The molecule has 1 aromatic rings. The first-order valence-corrected chi connectivity index (χ1v) is 5.23. The average Bonchev–Trinajstić information content (AvgIpc) is 2.88. The number of hydrogen-bond donors (Lipinski definition) is 1. The van der Waals surface area contributed by atoms with Crippen molar-refractivity contribution in [3.05, 3.63) is 29.6 Å². The predicted octanol–water partition coefficient (Wildman–Crippen LogP) is 2.43. The lowest BCUT2D eigenvalue weighted by atomic mass is 10.0. The van der Waals surface area contributed by atoms with Gasteiger partial charge in [-0.3, -0.25) is 0 Å². The summed E-state index contributed by atoms with van der Waals surface area (Å²) < 4.78 is 19.0. The van der Waals surface area contributed by atoms with E-state index >= 15 is 0 Å². The topological polar surface area (TPSA) is 31.2 Å². The quantitative estimate of drug-likeness (QED) is 0.775. The minimum atomic E-state index is -0.281. The van der Waals surface area contributed by atoms with E-state index in [9.17, 15) is 4.39 Å². The van der Waals surface area contributed by atoms with Crippen LogP contribution in [0.1, 0.15) is 26.3 Å². The van der Waals surface area contributed by atoms with Crippen LogP contribution >= 0.6 is 0 Å². The highest BCUT2D eigenvalue weighted by molar-refractivity contribution is 5.36. The molecule has 1 saturated heterocycles. The summed E-state index contributed by atoms with van der Waals surface area (Å²) in [6.07, 6.45) is -0.0000123. The normalized spacial score (nSPS) is 24.3. The molecule has 1 aliphatic rings. The van der Waals surface area contributed by atoms with Gasteiger partial charge in [-0.2, -0.15) is 0 Å². The van der Waals surface area contributed by atoms with E-state index in [1.165, 1.54) is 0 Å². The van der Waals surface area contributed by atoms with Crippen LogP contribution in [0, 0.1) is 5.82 Å². The highest BCUT2D eigenvalue weighted by Crippen LogP contribution is 2.32. The second-order valence-corrected chi connectivity index (χ2v) is 4.50. The lowest BCUT2D eigenvalue weighted by Gasteiger charge is -2.13. The Morgan fingerprint density at radius 3 is 2.60 bits per heavy atom. The molecule has 0 radical (unpaired) electrons. The molecule has 1 N–H and O–H groups in total. The second-order valence-electron chi connectivity index (χ2n) is 4.50. The van der Waals surface area contributed by atoms with Crippen LogP contribution < -0.4 is 10.1 Å². The molecular weight excluding hydrogens is 193 g/mol. The zero-order chi connectivity index (χ0) is 11.1. The SMILES string of the molecule is CC(C)Oc1ccc(C2(C)CN2)cc1F. The van der Waals surface area contributed by atoms with E-state index in [0.717, 1.165) is 12.1 Å². The van der Waals surface area contributed by atoms with Crippen LogP contribution in [0.2, 0.25) is 0 Å². The summed E-state index contributed by atoms with van der Waals surface area (Å²) in [6.45, 7) is 6.75. The van der Waals surface area contributed by atoms with Crippen LogP contribution in [0.3, 0.4) is 0 Å². The fraction of sp³-hybridized carbons (Fsp3) is 0.500. The van der Waals surface area contributed by atoms with Gasteiger partial charge in [0.1, 0.15) is 0 Å². The Morgan fingerprint density at radius 2 is 2.13 bits per heavy atom. The Labute approximate surface area is 89.4 Å². The lowest BCUT2D eigenvalue weighted by molar-refractivity contribution is 0.231. The summed E-state index contributed by atoms with van der Waals surface area (Å²) in [5.74, 6) is 0.0501. The van der Waals surface area contributed by atoms with Crippen molar-refractivity contribution in [3.8, 4) is 5.75 Å². The van der Waals surface area contributed by atoms with E-state index < -0.39 is 0 Å². The molecule has 2 nitrogen and oxygen atoms in total. The van der Waals surface area contributed by atoms with Gasteiger partial charge in [0.05, 0.1) is 11.6 Å². The summed E-state index contributed by atoms with van der Waals surface area (Å²) in [5, 5.41) is 3.21. The van der Waals surface area contributed by atoms with Crippen LogP contribution in [0.4, 0.5) is 4.39 Å². The van der Waals surface area contributed by atoms with Gasteiger partial charge < -0.3 is 10.1 Å². The number of hydrogen-bond acceptors (Lipinski definition) is 2. The molecular formula is C12H16FNO. The molecule has 0 bridgehead atoms. The Kier molecular flexibility index (Phi) is 2.43. The number of nitrogens with one attached hydrogen (secondary N) is 1. The van der Waals surface area contributed by atoms with Crippen LogP contribution in [0.15, 0.2) is 18.2 Å². The van der Waals surface area contributed by atoms with Crippen molar-refractivity contribution in [2.45, 2.75) is 32.4 Å². The van der Waals surface area contributed by atoms with Crippen LogP contribution in [-0.4, -0.2) is 12.6 Å². The van der Waals surface area contributed by atoms with Gasteiger partial charge in [-0.05, 0) is 38.5 Å². The van der Waals surface area contributed by atoms with E-state index in [2.05, 4.69) is 12.2 Å². The van der Waals surface area contributed by atoms with Gasteiger partial charge in [0.15, 0.2) is 11.6 Å². The first-order valence-electron chi connectivity index (χ1n) is 5.23. The van der Waals surface area contributed by atoms with Crippen molar-refractivity contribution in [1.29, 1.82) is 0 Å². The molecule has 1 aliphatic heterocycles. The summed E-state index contributed by atoms with van der Waals surface area (Å²) in [5.41, 5.74) is 0.952. The molecule has 0 spiro atoms. The zero-order valence-electron chi connectivity index (χ0n) is 9.30. The monoisotopic (exact) mass is 209 g/mol. The molecule has 0 amide bonds. The highest BCUT2D eigenvalue weighted by Gasteiger charge is 2.38. The first-order chi connectivity index (χ1) is 7.01. The Hall–Kier alpha value is -1.09. The third-order valence-electron chi connectivity index (χ3n) is 2.64. The molecule has 1 atom stereocenters. The molecule has 82 valence electrons. The van der Waals surface area contributed by atoms with Crippen molar-refractivity contribution in [1.82, 2.24) is 5.32 Å². The van der Waals surface area contributed by atoms with Crippen LogP contribution in [0.5, 0.6) is 5.75 Å². The van der Waals surface area contributed by atoms with E-state index in [4.69, 9.17) is 4.74 Å². The van der Waals surface area contributed by atoms with Gasteiger partial charge in [0, 0.05) is 6.54 Å². The third-order valence-corrected chi connectivity index (χ3v) is 2.64. The fourth-order valence-corrected chi connectivity index (χ4v) is 1.53. The van der Waals surface area contributed by atoms with Gasteiger partial charge in [0.25, 0.3) is 0 Å². The highest BCUT2D eigenvalue weighted by atomic mass is 19.1. The summed E-state index contributed by atoms with van der Waals surface area (Å²) in [7, 11) is 0. The first kappa shape index (κ1) is 10.4. The van der Waals surface area contributed by atoms with Gasteiger partial charge in [-0.25, -0.2) is 4.39 Å². The predicted molar refractivity (Wildman–Crippen MR) is 57.5 cm³/mol. The molecule has 1 aromatic carbocycles. The maximum absolute atomic E-state index is 13.6. The summed E-state index contributed by atoms with van der Waals surface area (Å²) >= 11 is 0. The summed E-state index contributed by atoms with van der Waals surface area (Å²) in [4.78, 5) is 0. The van der Waals surface area contributed by atoms with E-state index in [1.807, 2.05) is 19.9 Å². The summed E-state index contributed by atoms with van der Waals surface area (Å²) in [6, 6.07) is 5.18. The zero-order valence-corrected chi connectivity index (χ0v) is 9.30.